The molecule has 0 spiro atoms. The van der Waals surface area contributed by atoms with Crippen LogP contribution in [0.1, 0.15) is 25.7 Å². The third-order valence-electron chi connectivity index (χ3n) is 2.22. The Morgan fingerprint density at radius 1 is 1.46 bits per heavy atom. The first-order valence-corrected chi connectivity index (χ1v) is 5.58. The lowest BCUT2D eigenvalue weighted by atomic mass is 9.94. The minimum Gasteiger partial charge on any atom is -0.349 e. The average molecular weight is 245 g/mol. The molecule has 0 saturated heterocycles. The minimum absolute atomic E-state index is 0.0413. The molecule has 0 aromatic heterocycles. The Hall–Kier alpha value is 0.340. The summed E-state index contributed by atoms with van der Waals surface area (Å²) in [6, 6.07) is -0.157. The molecule has 1 saturated carbocycles. The van der Waals surface area contributed by atoms with Crippen LogP contribution in [0.3, 0.4) is 0 Å². The van der Waals surface area contributed by atoms with Crippen molar-refractivity contribution in [3.8, 4) is 0 Å². The molecule has 0 heterocycles. The second kappa shape index (κ2) is 4.72. The number of hydrogen-bond donors (Lipinski definition) is 1. The number of rotatable bonds is 2. The number of nitrogens with one attached hydrogen (secondary N) is 1. The molecule has 1 amide bonds. The Kier molecular flexibility index (Phi) is 4.14. The highest BCUT2D eigenvalue weighted by molar-refractivity contribution is 6.49. The molecular weight excluding hydrogens is 232 g/mol. The van der Waals surface area contributed by atoms with Crippen molar-refractivity contribution in [1.82, 2.24) is 5.32 Å². The van der Waals surface area contributed by atoms with Crippen LogP contribution < -0.4 is 5.32 Å². The van der Waals surface area contributed by atoms with Gasteiger partial charge in [-0.25, -0.2) is 0 Å². The first-order chi connectivity index (χ1) is 6.06. The predicted molar refractivity (Wildman–Crippen MR) is 55.6 cm³/mol. The van der Waals surface area contributed by atoms with E-state index in [9.17, 15) is 4.79 Å². The van der Waals surface area contributed by atoms with Crippen LogP contribution in [0.15, 0.2) is 0 Å². The van der Waals surface area contributed by atoms with E-state index in [1.165, 1.54) is 0 Å². The molecule has 1 N–H and O–H groups in total. The van der Waals surface area contributed by atoms with Crippen LogP contribution in [-0.2, 0) is 4.79 Å². The molecular formula is C8H12Cl3NO. The normalized spacial score (nSPS) is 26.8. The number of carbonyl (C=O) groups is 1. The van der Waals surface area contributed by atoms with Gasteiger partial charge in [0, 0.05) is 0 Å². The van der Waals surface area contributed by atoms with E-state index in [-0.39, 0.29) is 17.8 Å². The van der Waals surface area contributed by atoms with Gasteiger partial charge >= 0.3 is 0 Å². The highest BCUT2D eigenvalue weighted by atomic mass is 35.5. The van der Waals surface area contributed by atoms with Gasteiger partial charge in [-0.3, -0.25) is 4.79 Å². The van der Waals surface area contributed by atoms with Crippen molar-refractivity contribution in [1.29, 1.82) is 0 Å². The summed E-state index contributed by atoms with van der Waals surface area (Å²) in [4.78, 5) is 11.0. The molecule has 0 aliphatic heterocycles. The molecule has 0 bridgehead atoms. The maximum Gasteiger partial charge on any atom is 0.235 e. The zero-order chi connectivity index (χ0) is 9.90. The van der Waals surface area contributed by atoms with Crippen LogP contribution in [0.2, 0.25) is 0 Å². The summed E-state index contributed by atoms with van der Waals surface area (Å²) in [5.74, 6) is -0.250. The minimum atomic E-state index is -0.819. The molecule has 1 atom stereocenters. The van der Waals surface area contributed by atoms with Crippen LogP contribution in [0, 0.1) is 0 Å². The molecule has 0 radical (unpaired) electrons. The van der Waals surface area contributed by atoms with Gasteiger partial charge in [-0.15, -0.1) is 11.6 Å². The summed E-state index contributed by atoms with van der Waals surface area (Å²) >= 11 is 17.5. The Labute approximate surface area is 92.9 Å². The smallest absolute Gasteiger partial charge is 0.235 e. The lowest BCUT2D eigenvalue weighted by Gasteiger charge is -2.34. The SMILES string of the molecule is O=C(CCl)NC1CCCCC1(Cl)Cl. The van der Waals surface area contributed by atoms with Gasteiger partial charge < -0.3 is 5.32 Å². The van der Waals surface area contributed by atoms with E-state index >= 15 is 0 Å². The van der Waals surface area contributed by atoms with E-state index < -0.39 is 4.33 Å². The van der Waals surface area contributed by atoms with Gasteiger partial charge in [0.05, 0.1) is 6.04 Å². The Morgan fingerprint density at radius 2 is 2.15 bits per heavy atom. The van der Waals surface area contributed by atoms with Crippen molar-refractivity contribution in [3.63, 3.8) is 0 Å². The molecule has 1 fully saturated rings. The van der Waals surface area contributed by atoms with Gasteiger partial charge in [0.15, 0.2) is 0 Å². The van der Waals surface area contributed by atoms with Crippen molar-refractivity contribution in [2.75, 3.05) is 5.88 Å². The van der Waals surface area contributed by atoms with Crippen LogP contribution in [-0.4, -0.2) is 22.2 Å². The monoisotopic (exact) mass is 243 g/mol. The fraction of sp³-hybridized carbons (Fsp3) is 0.875. The van der Waals surface area contributed by atoms with E-state index in [4.69, 9.17) is 34.8 Å². The van der Waals surface area contributed by atoms with Crippen LogP contribution in [0.5, 0.6) is 0 Å². The highest BCUT2D eigenvalue weighted by Gasteiger charge is 2.37. The molecule has 13 heavy (non-hydrogen) atoms. The van der Waals surface area contributed by atoms with E-state index in [0.29, 0.717) is 0 Å². The first-order valence-electron chi connectivity index (χ1n) is 4.29. The van der Waals surface area contributed by atoms with Crippen molar-refractivity contribution < 1.29 is 4.79 Å². The van der Waals surface area contributed by atoms with Crippen LogP contribution in [0.4, 0.5) is 0 Å². The number of halogens is 3. The van der Waals surface area contributed by atoms with Gasteiger partial charge in [-0.1, -0.05) is 36.0 Å². The summed E-state index contributed by atoms with van der Waals surface area (Å²) in [5, 5.41) is 2.72. The Balaban J connectivity index is 2.51. The number of amides is 1. The molecule has 1 unspecified atom stereocenters. The fourth-order valence-electron chi connectivity index (χ4n) is 1.51. The predicted octanol–water partition coefficient (Wildman–Crippen LogP) is 2.46. The summed E-state index contributed by atoms with van der Waals surface area (Å²) in [6.45, 7) is 0. The second-order valence-electron chi connectivity index (χ2n) is 3.26. The Bertz CT molecular complexity index is 196. The molecule has 1 aliphatic rings. The number of hydrogen-bond acceptors (Lipinski definition) is 1. The summed E-state index contributed by atoms with van der Waals surface area (Å²) in [6.07, 6.45) is 3.62. The average Bonchev–Trinajstić information content (AvgIpc) is 2.08. The summed E-state index contributed by atoms with van der Waals surface area (Å²) in [7, 11) is 0. The first kappa shape index (κ1) is 11.4. The van der Waals surface area contributed by atoms with Gasteiger partial charge in [0.25, 0.3) is 0 Å². The molecule has 0 aromatic rings. The van der Waals surface area contributed by atoms with Crippen molar-refractivity contribution >= 4 is 40.7 Å². The summed E-state index contributed by atoms with van der Waals surface area (Å²) < 4.78 is -0.819. The van der Waals surface area contributed by atoms with Gasteiger partial charge in [0.1, 0.15) is 10.2 Å². The van der Waals surface area contributed by atoms with Gasteiger partial charge in [0.2, 0.25) is 5.91 Å². The van der Waals surface area contributed by atoms with Crippen LogP contribution in [0.25, 0.3) is 0 Å². The van der Waals surface area contributed by atoms with Crippen molar-refractivity contribution in [2.24, 2.45) is 0 Å². The molecule has 76 valence electrons. The zero-order valence-electron chi connectivity index (χ0n) is 7.16. The third kappa shape index (κ3) is 3.19. The molecule has 5 heteroatoms. The maximum absolute atomic E-state index is 11.0. The molecule has 0 aromatic carbocycles. The van der Waals surface area contributed by atoms with E-state index in [1.54, 1.807) is 0 Å². The maximum atomic E-state index is 11.0. The highest BCUT2D eigenvalue weighted by Crippen LogP contribution is 2.37. The van der Waals surface area contributed by atoms with E-state index in [2.05, 4.69) is 5.32 Å². The molecule has 2 nitrogen and oxygen atoms in total. The largest absolute Gasteiger partial charge is 0.349 e. The zero-order valence-corrected chi connectivity index (χ0v) is 9.42. The summed E-state index contributed by atoms with van der Waals surface area (Å²) in [5.41, 5.74) is 0. The number of carbonyl (C=O) groups excluding carboxylic acids is 1. The lowest BCUT2D eigenvalue weighted by molar-refractivity contribution is -0.119. The van der Waals surface area contributed by atoms with Gasteiger partial charge in [-0.2, -0.15) is 0 Å². The fourth-order valence-corrected chi connectivity index (χ4v) is 2.18. The standard InChI is InChI=1S/C8H12Cl3NO/c9-5-7(13)12-6-3-1-2-4-8(6,10)11/h6H,1-5H2,(H,12,13). The number of alkyl halides is 3. The lowest BCUT2D eigenvalue weighted by Crippen LogP contribution is -2.48. The second-order valence-corrected chi connectivity index (χ2v) is 5.07. The van der Waals surface area contributed by atoms with Gasteiger partial charge in [-0.05, 0) is 12.8 Å². The van der Waals surface area contributed by atoms with E-state index in [1.807, 2.05) is 0 Å². The Morgan fingerprint density at radius 3 is 2.69 bits per heavy atom. The molecule has 1 aliphatic carbocycles. The molecule has 1 rings (SSSR count). The van der Waals surface area contributed by atoms with Crippen molar-refractivity contribution in [3.05, 3.63) is 0 Å². The van der Waals surface area contributed by atoms with Crippen LogP contribution >= 0.6 is 34.8 Å². The van der Waals surface area contributed by atoms with E-state index in [0.717, 1.165) is 25.7 Å². The third-order valence-corrected chi connectivity index (χ3v) is 3.37. The quantitative estimate of drug-likeness (QED) is 0.743. The topological polar surface area (TPSA) is 29.1 Å². The van der Waals surface area contributed by atoms with Crippen molar-refractivity contribution in [2.45, 2.75) is 36.1 Å².